The number of β-lactam (4-membered cyclic amide) rings is 1. The van der Waals surface area contributed by atoms with Gasteiger partial charge in [-0.1, -0.05) is 18.2 Å². The van der Waals surface area contributed by atoms with Gasteiger partial charge in [-0.3, -0.25) is 20.0 Å². The van der Waals surface area contributed by atoms with E-state index in [1.807, 2.05) is 0 Å². The summed E-state index contributed by atoms with van der Waals surface area (Å²) in [5.41, 5.74) is 5.23. The zero-order chi connectivity index (χ0) is 10.8. The molecule has 0 aromatic rings. The van der Waals surface area contributed by atoms with E-state index in [0.717, 1.165) is 0 Å². The molecule has 15 heavy (non-hydrogen) atoms. The topological polar surface area (TPSA) is 49.4 Å². The van der Waals surface area contributed by atoms with Gasteiger partial charge in [-0.25, -0.2) is 0 Å². The van der Waals surface area contributed by atoms with Crippen molar-refractivity contribution in [1.82, 2.24) is 10.4 Å². The second kappa shape index (κ2) is 3.73. The molecule has 0 bridgehead atoms. The third kappa shape index (κ3) is 2.34. The summed E-state index contributed by atoms with van der Waals surface area (Å²) >= 11 is 0. The molecule has 2 amide bonds. The van der Waals surface area contributed by atoms with E-state index >= 15 is 0 Å². The van der Waals surface area contributed by atoms with Crippen molar-refractivity contribution in [3.05, 3.63) is 24.3 Å². The van der Waals surface area contributed by atoms with Crippen LogP contribution in [0.4, 0.5) is 0 Å². The molecule has 3 aliphatic rings. The Hall–Kier alpha value is -1.84. The highest BCUT2D eigenvalue weighted by molar-refractivity contribution is 5.84. The molecule has 1 fully saturated rings. The van der Waals surface area contributed by atoms with Gasteiger partial charge >= 0.3 is 0 Å². The zero-order valence-electron chi connectivity index (χ0n) is 8.49. The minimum absolute atomic E-state index is 0.00907. The van der Waals surface area contributed by atoms with Crippen molar-refractivity contribution < 1.29 is 9.59 Å². The maximum atomic E-state index is 10.5. The first-order valence-electron chi connectivity index (χ1n) is 4.85. The van der Waals surface area contributed by atoms with Gasteiger partial charge in [0.15, 0.2) is 0 Å². The number of carbonyl (C=O) groups excluding carboxylic acids is 2. The SMILES string of the molecule is CC(=O)NN1CCC1=O.c1cc2cc-2c1. The van der Waals surface area contributed by atoms with Crippen molar-refractivity contribution in [1.29, 1.82) is 0 Å². The van der Waals surface area contributed by atoms with Gasteiger partial charge < -0.3 is 0 Å². The van der Waals surface area contributed by atoms with Gasteiger partial charge in [0, 0.05) is 13.3 Å². The van der Waals surface area contributed by atoms with Gasteiger partial charge in [0.2, 0.25) is 11.8 Å². The van der Waals surface area contributed by atoms with Crippen LogP contribution in [-0.4, -0.2) is 23.4 Å². The normalized spacial score (nSPS) is 14.7. The lowest BCUT2D eigenvalue weighted by Crippen LogP contribution is -2.53. The highest BCUT2D eigenvalue weighted by Gasteiger charge is 2.23. The van der Waals surface area contributed by atoms with Gasteiger partial charge in [0.05, 0.1) is 6.54 Å². The van der Waals surface area contributed by atoms with Crippen LogP contribution in [0.2, 0.25) is 0 Å². The number of hydrogen-bond acceptors (Lipinski definition) is 2. The number of hydrogen-bond donors (Lipinski definition) is 1. The summed E-state index contributed by atoms with van der Waals surface area (Å²) in [6, 6.07) is 8.48. The smallest absolute Gasteiger partial charge is 0.242 e. The summed E-state index contributed by atoms with van der Waals surface area (Å²) < 4.78 is 0. The molecule has 0 spiro atoms. The average Bonchev–Trinajstić information content (AvgIpc) is 2.81. The average molecular weight is 204 g/mol. The van der Waals surface area contributed by atoms with E-state index in [9.17, 15) is 9.59 Å². The van der Waals surface area contributed by atoms with Crippen molar-refractivity contribution in [2.75, 3.05) is 6.54 Å². The molecule has 0 atom stereocenters. The number of amides is 2. The molecule has 2 aliphatic carbocycles. The molecule has 1 heterocycles. The maximum Gasteiger partial charge on any atom is 0.242 e. The standard InChI is InChI=1S/C6H4.C5H8N2O2/c1-2-5-4-6(5)3-1;1-4(8)6-7-3-2-5(7)9/h1-4H;2-3H2,1H3,(H,6,8). The molecular formula is C11H12N2O2. The third-order valence-electron chi connectivity index (χ3n) is 2.26. The van der Waals surface area contributed by atoms with Gasteiger partial charge in [0.1, 0.15) is 0 Å². The third-order valence-corrected chi connectivity index (χ3v) is 2.26. The number of hydrazine groups is 1. The van der Waals surface area contributed by atoms with Gasteiger partial charge in [-0.2, -0.15) is 0 Å². The lowest BCUT2D eigenvalue weighted by molar-refractivity contribution is -0.149. The van der Waals surface area contributed by atoms with Crippen molar-refractivity contribution in [3.63, 3.8) is 0 Å². The highest BCUT2D eigenvalue weighted by Crippen LogP contribution is 2.32. The number of carbonyl (C=O) groups is 2. The maximum absolute atomic E-state index is 10.5. The second-order valence-corrected chi connectivity index (χ2v) is 3.54. The number of fused-ring (bicyclic) bond motifs is 1. The van der Waals surface area contributed by atoms with E-state index in [1.165, 1.54) is 23.1 Å². The fraction of sp³-hybridized carbons (Fsp3) is 0.273. The Balaban J connectivity index is 0.000000121. The lowest BCUT2D eigenvalue weighted by Gasteiger charge is -2.29. The first-order valence-corrected chi connectivity index (χ1v) is 4.85. The number of nitrogens with one attached hydrogen (secondary N) is 1. The van der Waals surface area contributed by atoms with E-state index in [0.29, 0.717) is 13.0 Å². The number of nitrogens with zero attached hydrogens (tertiary/aromatic N) is 1. The Morgan fingerprint density at radius 1 is 1.40 bits per heavy atom. The summed E-state index contributed by atoms with van der Waals surface area (Å²) in [4.78, 5) is 20.8. The van der Waals surface area contributed by atoms with E-state index in [4.69, 9.17) is 0 Å². The molecule has 0 unspecified atom stereocenters. The van der Waals surface area contributed by atoms with Crippen LogP contribution in [0.5, 0.6) is 0 Å². The highest BCUT2D eigenvalue weighted by atomic mass is 16.2. The van der Waals surface area contributed by atoms with E-state index in [2.05, 4.69) is 29.7 Å². The molecule has 0 saturated carbocycles. The van der Waals surface area contributed by atoms with Crippen LogP contribution in [0.15, 0.2) is 24.3 Å². The van der Waals surface area contributed by atoms with Crippen molar-refractivity contribution in [2.45, 2.75) is 13.3 Å². The lowest BCUT2D eigenvalue weighted by atomic mass is 10.2. The first kappa shape index (κ1) is 9.71. The van der Waals surface area contributed by atoms with E-state index in [1.54, 1.807) is 0 Å². The van der Waals surface area contributed by atoms with Crippen LogP contribution < -0.4 is 5.43 Å². The van der Waals surface area contributed by atoms with Crippen molar-refractivity contribution in [2.24, 2.45) is 0 Å². The summed E-state index contributed by atoms with van der Waals surface area (Å²) in [5.74, 6) is -0.201. The van der Waals surface area contributed by atoms with Crippen LogP contribution in [0.3, 0.4) is 0 Å². The fourth-order valence-corrected chi connectivity index (χ4v) is 1.30. The Labute approximate surface area is 87.9 Å². The Morgan fingerprint density at radius 2 is 2.07 bits per heavy atom. The predicted octanol–water partition coefficient (Wildman–Crippen LogP) is 0.937. The molecular weight excluding hydrogens is 192 g/mol. The van der Waals surface area contributed by atoms with Crippen LogP contribution in [-0.2, 0) is 9.59 Å². The molecule has 0 aromatic carbocycles. The number of benzene rings is 1. The summed E-state index contributed by atoms with van der Waals surface area (Å²) in [6.07, 6.45) is 0.556. The largest absolute Gasteiger partial charge is 0.274 e. The molecule has 78 valence electrons. The molecule has 1 aliphatic heterocycles. The van der Waals surface area contributed by atoms with Gasteiger partial charge in [-0.15, -0.1) is 0 Å². The summed E-state index contributed by atoms with van der Waals surface area (Å²) in [6.45, 7) is 2.03. The Bertz CT molecular complexity index is 398. The van der Waals surface area contributed by atoms with E-state index in [-0.39, 0.29) is 11.8 Å². The minimum Gasteiger partial charge on any atom is -0.274 e. The van der Waals surface area contributed by atoms with Crippen LogP contribution in [0.25, 0.3) is 11.1 Å². The Morgan fingerprint density at radius 3 is 2.20 bits per heavy atom. The van der Waals surface area contributed by atoms with Gasteiger partial charge in [-0.05, 0) is 17.2 Å². The van der Waals surface area contributed by atoms with Crippen LogP contribution in [0.1, 0.15) is 13.3 Å². The molecule has 1 N–H and O–H groups in total. The first-order chi connectivity index (χ1) is 7.16. The predicted molar refractivity (Wildman–Crippen MR) is 55.6 cm³/mol. The summed E-state index contributed by atoms with van der Waals surface area (Å²) in [7, 11) is 0. The van der Waals surface area contributed by atoms with Crippen LogP contribution in [0, 0.1) is 0 Å². The minimum atomic E-state index is -0.192. The fourth-order valence-electron chi connectivity index (χ4n) is 1.30. The quantitative estimate of drug-likeness (QED) is 0.703. The summed E-state index contributed by atoms with van der Waals surface area (Å²) in [5, 5.41) is 1.31. The molecule has 4 heteroatoms. The van der Waals surface area contributed by atoms with E-state index < -0.39 is 0 Å². The second-order valence-electron chi connectivity index (χ2n) is 3.54. The molecule has 1 saturated heterocycles. The monoisotopic (exact) mass is 204 g/mol. The molecule has 0 aromatic heterocycles. The molecule has 0 radical (unpaired) electrons. The zero-order valence-corrected chi connectivity index (χ0v) is 8.49. The van der Waals surface area contributed by atoms with Crippen molar-refractivity contribution in [3.8, 4) is 11.1 Å². The number of rotatable bonds is 1. The van der Waals surface area contributed by atoms with Crippen LogP contribution >= 0.6 is 0 Å². The molecule has 4 nitrogen and oxygen atoms in total. The van der Waals surface area contributed by atoms with Crippen molar-refractivity contribution >= 4 is 11.8 Å². The Kier molecular flexibility index (Phi) is 2.41. The molecule has 3 rings (SSSR count). The van der Waals surface area contributed by atoms with Gasteiger partial charge in [0.25, 0.3) is 0 Å².